The Morgan fingerprint density at radius 1 is 1.00 bits per heavy atom. The summed E-state index contributed by atoms with van der Waals surface area (Å²) in [6.45, 7) is 5.41. The van der Waals surface area contributed by atoms with Crippen LogP contribution in [0.15, 0.2) is 0 Å². The highest BCUT2D eigenvalue weighted by molar-refractivity contribution is 5.82. The van der Waals surface area contributed by atoms with Gasteiger partial charge in [-0.05, 0) is 32.6 Å². The molecule has 6 nitrogen and oxygen atoms in total. The fourth-order valence-corrected chi connectivity index (χ4v) is 7.69. The van der Waals surface area contributed by atoms with Crippen molar-refractivity contribution < 1.29 is 28.5 Å². The quantitative estimate of drug-likeness (QED) is 0.485. The van der Waals surface area contributed by atoms with Crippen molar-refractivity contribution in [3.05, 3.63) is 0 Å². The van der Waals surface area contributed by atoms with Gasteiger partial charge in [0.05, 0.1) is 18.6 Å². The van der Waals surface area contributed by atoms with Gasteiger partial charge in [-0.25, -0.2) is 4.79 Å². The Morgan fingerprint density at radius 2 is 1.81 bits per heavy atom. The third kappa shape index (κ3) is 1.45. The molecule has 7 atom stereocenters. The summed E-state index contributed by atoms with van der Waals surface area (Å²) in [5.41, 5.74) is -2.45. The van der Waals surface area contributed by atoms with Gasteiger partial charge in [-0.3, -0.25) is 4.79 Å². The highest BCUT2D eigenvalue weighted by Crippen LogP contribution is 2.74. The second-order valence-electron chi connectivity index (χ2n) is 9.91. The lowest BCUT2D eigenvalue weighted by molar-refractivity contribution is -0.255. The smallest absolute Gasteiger partial charge is 0.338 e. The Bertz CT molecular complexity index is 730. The summed E-state index contributed by atoms with van der Waals surface area (Å²) in [5, 5.41) is 0. The molecule has 0 aromatic carbocycles. The van der Waals surface area contributed by atoms with Crippen molar-refractivity contribution in [2.24, 2.45) is 16.7 Å². The number of esters is 2. The molecular formula is C20H26O6. The predicted molar refractivity (Wildman–Crippen MR) is 88.1 cm³/mol. The van der Waals surface area contributed by atoms with Gasteiger partial charge >= 0.3 is 11.9 Å². The molecule has 0 N–H and O–H groups in total. The van der Waals surface area contributed by atoms with Crippen molar-refractivity contribution in [2.45, 2.75) is 81.7 Å². The topological polar surface area (TPSA) is 74.4 Å². The summed E-state index contributed by atoms with van der Waals surface area (Å²) in [5.74, 6) is -0.147. The van der Waals surface area contributed by atoms with Crippen LogP contribution in [0, 0.1) is 16.7 Å². The summed E-state index contributed by atoms with van der Waals surface area (Å²) in [4.78, 5) is 25.3. The molecule has 3 spiro atoms. The Morgan fingerprint density at radius 3 is 2.50 bits per heavy atom. The molecule has 6 aliphatic rings. The second kappa shape index (κ2) is 4.30. The third-order valence-electron chi connectivity index (χ3n) is 8.91. The minimum absolute atomic E-state index is 0.0562. The highest BCUT2D eigenvalue weighted by atomic mass is 16.7. The average molecular weight is 362 g/mol. The molecule has 0 aromatic rings. The summed E-state index contributed by atoms with van der Waals surface area (Å²) < 4.78 is 24.1. The summed E-state index contributed by atoms with van der Waals surface area (Å²) in [6, 6.07) is 0. The predicted octanol–water partition coefficient (Wildman–Crippen LogP) is 2.13. The lowest BCUT2D eigenvalue weighted by Crippen LogP contribution is -2.69. The average Bonchev–Trinajstić information content (AvgIpc) is 2.99. The standard InChI is InChI=1S/C20H26O6/c1-16-4-3-5-17(2)13(16)12(25-14(16)21)10-19(11-24-19)20(17)7-6-18(26-20)8-9-23-15(18)22/h12-13H,3-11H2,1-2H3/t12-,13+,16+,17+,18-,19-,20+/m1/s1. The van der Waals surface area contributed by atoms with E-state index in [4.69, 9.17) is 18.9 Å². The Balaban J connectivity index is 1.51. The van der Waals surface area contributed by atoms with Gasteiger partial charge in [-0.2, -0.15) is 0 Å². The first kappa shape index (κ1) is 15.9. The van der Waals surface area contributed by atoms with Gasteiger partial charge in [0, 0.05) is 24.2 Å². The summed E-state index contributed by atoms with van der Waals surface area (Å²) in [7, 11) is 0. The lowest BCUT2D eigenvalue weighted by atomic mass is 9.44. The van der Waals surface area contributed by atoms with Gasteiger partial charge in [0.15, 0.2) is 5.60 Å². The zero-order valence-corrected chi connectivity index (χ0v) is 15.5. The van der Waals surface area contributed by atoms with Crippen molar-refractivity contribution in [3.63, 3.8) is 0 Å². The van der Waals surface area contributed by atoms with Crippen molar-refractivity contribution in [2.75, 3.05) is 13.2 Å². The first-order valence-corrected chi connectivity index (χ1v) is 10.0. The maximum absolute atomic E-state index is 12.8. The lowest BCUT2D eigenvalue weighted by Gasteiger charge is -2.61. The zero-order chi connectivity index (χ0) is 18.0. The number of fused-ring (bicyclic) bond motifs is 2. The van der Waals surface area contributed by atoms with Crippen LogP contribution in [-0.4, -0.2) is 48.1 Å². The fraction of sp³-hybridized carbons (Fsp3) is 0.900. The van der Waals surface area contributed by atoms with Crippen LogP contribution in [0.3, 0.4) is 0 Å². The van der Waals surface area contributed by atoms with E-state index in [1.807, 2.05) is 0 Å². The van der Waals surface area contributed by atoms with E-state index in [0.29, 0.717) is 32.5 Å². The van der Waals surface area contributed by atoms with Crippen molar-refractivity contribution in [1.82, 2.24) is 0 Å². The molecule has 26 heavy (non-hydrogen) atoms. The zero-order valence-electron chi connectivity index (χ0n) is 15.5. The number of carbonyl (C=O) groups is 2. The molecule has 4 aliphatic heterocycles. The van der Waals surface area contributed by atoms with Crippen LogP contribution in [0.1, 0.15) is 58.8 Å². The number of epoxide rings is 1. The van der Waals surface area contributed by atoms with E-state index in [-0.39, 0.29) is 29.4 Å². The molecule has 0 radical (unpaired) electrons. The van der Waals surface area contributed by atoms with Crippen molar-refractivity contribution in [3.8, 4) is 0 Å². The molecule has 2 aliphatic carbocycles. The molecule has 0 amide bonds. The molecule has 0 unspecified atom stereocenters. The molecule has 0 aromatic heterocycles. The molecule has 0 bridgehead atoms. The van der Waals surface area contributed by atoms with Crippen molar-refractivity contribution >= 4 is 11.9 Å². The van der Waals surface area contributed by atoms with Gasteiger partial charge in [0.2, 0.25) is 0 Å². The molecule has 6 heteroatoms. The van der Waals surface area contributed by atoms with E-state index in [0.717, 1.165) is 25.7 Å². The van der Waals surface area contributed by atoms with Gasteiger partial charge in [0.1, 0.15) is 17.3 Å². The maximum Gasteiger partial charge on any atom is 0.338 e. The highest BCUT2D eigenvalue weighted by Gasteiger charge is 2.83. The van der Waals surface area contributed by atoms with Crippen LogP contribution in [-0.2, 0) is 28.5 Å². The first-order valence-electron chi connectivity index (χ1n) is 10.0. The van der Waals surface area contributed by atoms with E-state index in [9.17, 15) is 9.59 Å². The molecular weight excluding hydrogens is 336 g/mol. The number of ether oxygens (including phenoxy) is 4. The van der Waals surface area contributed by atoms with Crippen molar-refractivity contribution in [1.29, 1.82) is 0 Å². The summed E-state index contributed by atoms with van der Waals surface area (Å²) in [6.07, 6.45) is 5.55. The number of cyclic esters (lactones) is 1. The number of hydrogen-bond acceptors (Lipinski definition) is 6. The number of carbonyl (C=O) groups excluding carboxylic acids is 2. The van der Waals surface area contributed by atoms with Crippen LogP contribution in [0.2, 0.25) is 0 Å². The van der Waals surface area contributed by atoms with E-state index in [1.54, 1.807) is 0 Å². The molecule has 142 valence electrons. The second-order valence-corrected chi connectivity index (χ2v) is 9.91. The van der Waals surface area contributed by atoms with Crippen LogP contribution < -0.4 is 0 Å². The van der Waals surface area contributed by atoms with E-state index >= 15 is 0 Å². The van der Waals surface area contributed by atoms with Gasteiger partial charge in [-0.1, -0.05) is 13.3 Å². The van der Waals surface area contributed by atoms with Crippen LogP contribution in [0.4, 0.5) is 0 Å². The van der Waals surface area contributed by atoms with E-state index < -0.39 is 22.2 Å². The van der Waals surface area contributed by atoms with E-state index in [2.05, 4.69) is 13.8 Å². The number of hydrogen-bond donors (Lipinski definition) is 0. The summed E-state index contributed by atoms with van der Waals surface area (Å²) >= 11 is 0. The molecule has 6 fully saturated rings. The van der Waals surface area contributed by atoms with Crippen LogP contribution in [0.5, 0.6) is 0 Å². The van der Waals surface area contributed by atoms with Gasteiger partial charge < -0.3 is 18.9 Å². The maximum atomic E-state index is 12.8. The molecule has 4 saturated heterocycles. The van der Waals surface area contributed by atoms with Crippen LogP contribution >= 0.6 is 0 Å². The minimum atomic E-state index is -0.813. The number of rotatable bonds is 0. The minimum Gasteiger partial charge on any atom is -0.463 e. The monoisotopic (exact) mass is 362 g/mol. The normalized spacial score (nSPS) is 59.8. The Labute approximate surface area is 152 Å². The van der Waals surface area contributed by atoms with E-state index in [1.165, 1.54) is 0 Å². The van der Waals surface area contributed by atoms with Gasteiger partial charge in [0.25, 0.3) is 0 Å². The SMILES string of the molecule is C[C@@]12CCC[C@]3(C)C(=O)O[C@H](C[C@@]4(CO4)[C@]14CC[C@]1(CCOC1=O)O4)[C@H]23. The first-order chi connectivity index (χ1) is 12.3. The molecule has 4 heterocycles. The Kier molecular flexibility index (Phi) is 2.62. The van der Waals surface area contributed by atoms with Gasteiger partial charge in [-0.15, -0.1) is 0 Å². The molecule has 2 saturated carbocycles. The fourth-order valence-electron chi connectivity index (χ4n) is 7.69. The van der Waals surface area contributed by atoms with Crippen LogP contribution in [0.25, 0.3) is 0 Å². The Hall–Kier alpha value is -1.14. The largest absolute Gasteiger partial charge is 0.463 e. The molecule has 6 rings (SSSR count). The third-order valence-corrected chi connectivity index (χ3v) is 8.91.